The minimum Gasteiger partial charge on any atom is -0.321 e. The molecule has 31 heavy (non-hydrogen) atoms. The number of anilines is 1. The standard InChI is InChI=1S/C25H21N3O2S/c1-17(18-11-13-21(14-12-18)26-25(30)23-10-5-15-31-23)27-28-24(29)16-20-8-4-7-19-6-2-3-9-22(19)20/h2-15H,16H2,1H3,(H,26,30)(H,28,29)/b27-17+. The maximum Gasteiger partial charge on any atom is 0.265 e. The van der Waals surface area contributed by atoms with Crippen LogP contribution in [0.3, 0.4) is 0 Å². The smallest absolute Gasteiger partial charge is 0.265 e. The van der Waals surface area contributed by atoms with Crippen LogP contribution in [0.15, 0.2) is 89.3 Å². The Kier molecular flexibility index (Phi) is 6.19. The van der Waals surface area contributed by atoms with Crippen LogP contribution in [-0.2, 0) is 11.2 Å². The fourth-order valence-electron chi connectivity index (χ4n) is 3.27. The molecule has 1 heterocycles. The van der Waals surface area contributed by atoms with E-state index in [4.69, 9.17) is 0 Å². The van der Waals surface area contributed by atoms with Gasteiger partial charge in [0.15, 0.2) is 0 Å². The predicted octanol–water partition coefficient (Wildman–Crippen LogP) is 5.24. The van der Waals surface area contributed by atoms with E-state index in [1.807, 2.05) is 85.1 Å². The van der Waals surface area contributed by atoms with Crippen LogP contribution in [0.2, 0.25) is 0 Å². The van der Waals surface area contributed by atoms with Gasteiger partial charge in [-0.1, -0.05) is 60.7 Å². The minimum atomic E-state index is -0.171. The van der Waals surface area contributed by atoms with Gasteiger partial charge in [-0.25, -0.2) is 5.43 Å². The summed E-state index contributed by atoms with van der Waals surface area (Å²) in [7, 11) is 0. The summed E-state index contributed by atoms with van der Waals surface area (Å²) in [5.74, 6) is -0.302. The molecule has 154 valence electrons. The van der Waals surface area contributed by atoms with Gasteiger partial charge >= 0.3 is 0 Å². The first-order chi connectivity index (χ1) is 15.1. The first kappa shape index (κ1) is 20.5. The molecule has 0 aliphatic carbocycles. The monoisotopic (exact) mass is 427 g/mol. The summed E-state index contributed by atoms with van der Waals surface area (Å²) in [5.41, 5.74) is 5.85. The molecular weight excluding hydrogens is 406 g/mol. The number of carbonyl (C=O) groups is 2. The predicted molar refractivity (Wildman–Crippen MR) is 127 cm³/mol. The van der Waals surface area contributed by atoms with Crippen molar-refractivity contribution in [2.75, 3.05) is 5.32 Å². The molecule has 6 heteroatoms. The maximum absolute atomic E-state index is 12.4. The molecule has 5 nitrogen and oxygen atoms in total. The second kappa shape index (κ2) is 9.36. The van der Waals surface area contributed by atoms with Gasteiger partial charge in [0, 0.05) is 5.69 Å². The highest BCUT2D eigenvalue weighted by atomic mass is 32.1. The SMILES string of the molecule is C/C(=N\NC(=O)Cc1cccc2ccccc12)c1ccc(NC(=O)c2cccs2)cc1. The zero-order valence-electron chi connectivity index (χ0n) is 17.0. The minimum absolute atomic E-state index is 0.131. The lowest BCUT2D eigenvalue weighted by Gasteiger charge is -2.07. The average Bonchev–Trinajstić information content (AvgIpc) is 3.33. The first-order valence-corrected chi connectivity index (χ1v) is 10.7. The van der Waals surface area contributed by atoms with E-state index in [1.54, 1.807) is 6.07 Å². The Bertz CT molecular complexity index is 1240. The summed E-state index contributed by atoms with van der Waals surface area (Å²) in [6.07, 6.45) is 0.256. The van der Waals surface area contributed by atoms with Gasteiger partial charge in [-0.3, -0.25) is 9.59 Å². The number of hydrogen-bond donors (Lipinski definition) is 2. The molecule has 0 spiro atoms. The number of benzene rings is 3. The highest BCUT2D eigenvalue weighted by Gasteiger charge is 2.08. The summed E-state index contributed by atoms with van der Waals surface area (Å²) in [6, 6.07) is 24.9. The molecule has 0 unspecified atom stereocenters. The van der Waals surface area contributed by atoms with Crippen LogP contribution in [0.25, 0.3) is 10.8 Å². The van der Waals surface area contributed by atoms with Crippen LogP contribution in [0, 0.1) is 0 Å². The highest BCUT2D eigenvalue weighted by molar-refractivity contribution is 7.12. The Labute approximate surface area is 184 Å². The number of hydrogen-bond acceptors (Lipinski definition) is 4. The number of nitrogens with zero attached hydrogens (tertiary/aromatic N) is 1. The lowest BCUT2D eigenvalue weighted by Crippen LogP contribution is -2.21. The molecule has 0 aliphatic heterocycles. The van der Waals surface area contributed by atoms with E-state index in [2.05, 4.69) is 15.8 Å². The van der Waals surface area contributed by atoms with E-state index in [1.165, 1.54) is 11.3 Å². The van der Waals surface area contributed by atoms with Crippen molar-refractivity contribution in [2.24, 2.45) is 5.10 Å². The van der Waals surface area contributed by atoms with Crippen molar-refractivity contribution >= 4 is 45.3 Å². The average molecular weight is 428 g/mol. The number of nitrogens with one attached hydrogen (secondary N) is 2. The molecule has 2 amide bonds. The van der Waals surface area contributed by atoms with Crippen molar-refractivity contribution in [1.29, 1.82) is 0 Å². The van der Waals surface area contributed by atoms with Crippen molar-refractivity contribution in [3.8, 4) is 0 Å². The van der Waals surface area contributed by atoms with Gasteiger partial charge in [0.25, 0.3) is 5.91 Å². The summed E-state index contributed by atoms with van der Waals surface area (Å²) in [5, 5.41) is 11.1. The zero-order valence-corrected chi connectivity index (χ0v) is 17.8. The van der Waals surface area contributed by atoms with Crippen LogP contribution < -0.4 is 10.7 Å². The fourth-order valence-corrected chi connectivity index (χ4v) is 3.88. The Morgan fingerprint density at radius 1 is 0.903 bits per heavy atom. The summed E-state index contributed by atoms with van der Waals surface area (Å²) in [6.45, 7) is 1.83. The molecule has 4 aromatic rings. The Hall–Kier alpha value is -3.77. The highest BCUT2D eigenvalue weighted by Crippen LogP contribution is 2.19. The molecule has 0 aliphatic rings. The van der Waals surface area contributed by atoms with Gasteiger partial charge < -0.3 is 5.32 Å². The van der Waals surface area contributed by atoms with Crippen molar-refractivity contribution in [3.05, 3.63) is 100 Å². The normalized spacial score (nSPS) is 11.3. The van der Waals surface area contributed by atoms with Gasteiger partial charge in [0.1, 0.15) is 0 Å². The van der Waals surface area contributed by atoms with Crippen molar-refractivity contribution in [1.82, 2.24) is 5.43 Å². The number of thiophene rings is 1. The molecule has 0 saturated carbocycles. The molecule has 1 aromatic heterocycles. The first-order valence-electron chi connectivity index (χ1n) is 9.85. The fraction of sp³-hybridized carbons (Fsp3) is 0.0800. The van der Waals surface area contributed by atoms with Crippen LogP contribution >= 0.6 is 11.3 Å². The third-order valence-electron chi connectivity index (χ3n) is 4.88. The van der Waals surface area contributed by atoms with Crippen LogP contribution in [0.1, 0.15) is 27.7 Å². The van der Waals surface area contributed by atoms with Crippen molar-refractivity contribution in [2.45, 2.75) is 13.3 Å². The lowest BCUT2D eigenvalue weighted by atomic mass is 10.0. The van der Waals surface area contributed by atoms with Crippen LogP contribution in [0.5, 0.6) is 0 Å². The molecule has 0 saturated heterocycles. The summed E-state index contributed by atoms with van der Waals surface area (Å²) >= 11 is 1.40. The van der Waals surface area contributed by atoms with Crippen molar-refractivity contribution < 1.29 is 9.59 Å². The lowest BCUT2D eigenvalue weighted by molar-refractivity contribution is -0.120. The third-order valence-corrected chi connectivity index (χ3v) is 5.75. The van der Waals surface area contributed by atoms with E-state index < -0.39 is 0 Å². The van der Waals surface area contributed by atoms with Gasteiger partial charge in [0.05, 0.1) is 17.0 Å². The topological polar surface area (TPSA) is 70.6 Å². The quantitative estimate of drug-likeness (QED) is 0.326. The van der Waals surface area contributed by atoms with Gasteiger partial charge in [-0.15, -0.1) is 11.3 Å². The maximum atomic E-state index is 12.4. The molecule has 3 aromatic carbocycles. The second-order valence-electron chi connectivity index (χ2n) is 7.06. The Balaban J connectivity index is 1.37. The van der Waals surface area contributed by atoms with Crippen LogP contribution in [-0.4, -0.2) is 17.5 Å². The summed E-state index contributed by atoms with van der Waals surface area (Å²) in [4.78, 5) is 25.2. The van der Waals surface area contributed by atoms with Gasteiger partial charge in [0.2, 0.25) is 5.91 Å². The molecule has 0 atom stereocenters. The molecule has 4 rings (SSSR count). The number of rotatable bonds is 6. The number of hydrazone groups is 1. The zero-order chi connectivity index (χ0) is 21.6. The Morgan fingerprint density at radius 2 is 1.68 bits per heavy atom. The van der Waals surface area contributed by atoms with Crippen molar-refractivity contribution in [3.63, 3.8) is 0 Å². The summed E-state index contributed by atoms with van der Waals surface area (Å²) < 4.78 is 0. The molecule has 0 bridgehead atoms. The number of fused-ring (bicyclic) bond motifs is 1. The molecule has 2 N–H and O–H groups in total. The number of amides is 2. The molecule has 0 fully saturated rings. The van der Waals surface area contributed by atoms with Gasteiger partial charge in [-0.2, -0.15) is 5.10 Å². The third kappa shape index (κ3) is 5.05. The van der Waals surface area contributed by atoms with E-state index in [0.717, 1.165) is 21.9 Å². The van der Waals surface area contributed by atoms with E-state index in [0.29, 0.717) is 16.3 Å². The molecular formula is C25H21N3O2S. The second-order valence-corrected chi connectivity index (χ2v) is 8.00. The van der Waals surface area contributed by atoms with E-state index >= 15 is 0 Å². The van der Waals surface area contributed by atoms with E-state index in [-0.39, 0.29) is 18.2 Å². The van der Waals surface area contributed by atoms with E-state index in [9.17, 15) is 9.59 Å². The number of carbonyl (C=O) groups excluding carboxylic acids is 2. The van der Waals surface area contributed by atoms with Gasteiger partial charge in [-0.05, 0) is 52.4 Å². The molecule has 0 radical (unpaired) electrons. The largest absolute Gasteiger partial charge is 0.321 e. The Morgan fingerprint density at radius 3 is 2.45 bits per heavy atom. The van der Waals surface area contributed by atoms with Crippen LogP contribution in [0.4, 0.5) is 5.69 Å².